The fourth-order valence-electron chi connectivity index (χ4n) is 5.38. The second kappa shape index (κ2) is 40.5. The van der Waals surface area contributed by atoms with Crippen molar-refractivity contribution < 1.29 is 57.2 Å². The van der Waals surface area contributed by atoms with E-state index in [1.807, 2.05) is 6.92 Å². The summed E-state index contributed by atoms with van der Waals surface area (Å²) in [6, 6.07) is -1.81. The van der Waals surface area contributed by atoms with Gasteiger partial charge in [0.15, 0.2) is 0 Å². The van der Waals surface area contributed by atoms with E-state index in [1.165, 1.54) is 7.11 Å². The number of hydrogen-bond acceptors (Lipinski definition) is 13. The topological polar surface area (TPSA) is 262 Å². The van der Waals surface area contributed by atoms with Crippen molar-refractivity contribution in [2.75, 3.05) is 113 Å². The molecule has 0 aliphatic heterocycles. The van der Waals surface area contributed by atoms with E-state index < -0.39 is 23.9 Å². The van der Waals surface area contributed by atoms with E-state index in [0.717, 1.165) is 6.42 Å². The van der Waals surface area contributed by atoms with Gasteiger partial charge >= 0.3 is 0 Å². The first kappa shape index (κ1) is 56.0. The lowest BCUT2D eigenvalue weighted by Gasteiger charge is -2.23. The second-order valence-corrected chi connectivity index (χ2v) is 13.9. The first-order valence-corrected chi connectivity index (χ1v) is 21.4. The average Bonchev–Trinajstić information content (AvgIpc) is 3.23. The van der Waals surface area contributed by atoms with Crippen molar-refractivity contribution in [3.05, 3.63) is 0 Å². The summed E-state index contributed by atoms with van der Waals surface area (Å²) >= 11 is 0. The van der Waals surface area contributed by atoms with Crippen molar-refractivity contribution in [1.82, 2.24) is 42.5 Å². The minimum Gasteiger partial charge on any atom is -0.384 e. The van der Waals surface area contributed by atoms with Crippen LogP contribution in [0.2, 0.25) is 0 Å². The predicted molar refractivity (Wildman–Crippen MR) is 225 cm³/mol. The van der Waals surface area contributed by atoms with E-state index >= 15 is 0 Å². The number of carbonyl (C=O) groups excluding carboxylic acids is 7. The Balaban J connectivity index is 5.13. The average molecular weight is 861 g/mol. The molecule has 0 aliphatic rings. The standard InChI is InChI=1S/C40H76N8O12/c1-5-11-35(50)44-21-20-42-18-8-6-12-32(39(54)46-23-27-60-31-30-59-26-22-45-36(51)15-10-14-34(49)41-2)48-40(55)33(47-38(53)17-25-58-29-28-57-4)13-7-9-19-43-37(52)16-24-56-3/h32-33,42H,5-31H2,1-4H3,(H,41,49)(H,43,52)(H,44,50)(H,45,51)(H,46,54)(H,47,53)(H,48,55). The molecule has 0 saturated carbocycles. The molecule has 0 radical (unpaired) electrons. The summed E-state index contributed by atoms with van der Waals surface area (Å²) < 4.78 is 26.4. The number of hydrogen-bond donors (Lipinski definition) is 8. The predicted octanol–water partition coefficient (Wildman–Crippen LogP) is -0.810. The SMILES string of the molecule is CCCC(=O)NCCNCCCCC(NC(=O)C(CCCCNC(=O)CCOC)NC(=O)CCOCCOC)C(=O)NCCOCCOCCNC(=O)CCCC(=O)NC. The van der Waals surface area contributed by atoms with Crippen molar-refractivity contribution in [1.29, 1.82) is 0 Å². The lowest BCUT2D eigenvalue weighted by molar-refractivity contribution is -0.132. The van der Waals surface area contributed by atoms with E-state index in [1.54, 1.807) is 14.2 Å². The molecule has 0 fully saturated rings. The Morgan fingerprint density at radius 2 is 0.967 bits per heavy atom. The van der Waals surface area contributed by atoms with Gasteiger partial charge in [0.25, 0.3) is 0 Å². The summed E-state index contributed by atoms with van der Waals surface area (Å²) in [5.74, 6) is -1.65. The van der Waals surface area contributed by atoms with Crippen molar-refractivity contribution in [3.63, 3.8) is 0 Å². The Kier molecular flexibility index (Phi) is 37.8. The summed E-state index contributed by atoms with van der Waals surface area (Å²) in [6.07, 6.45) is 5.60. The Morgan fingerprint density at radius 1 is 0.433 bits per heavy atom. The summed E-state index contributed by atoms with van der Waals surface area (Å²) in [6.45, 7) is 6.86. The van der Waals surface area contributed by atoms with Gasteiger partial charge in [0.05, 0.1) is 52.9 Å². The summed E-state index contributed by atoms with van der Waals surface area (Å²) in [4.78, 5) is 86.7. The van der Waals surface area contributed by atoms with Gasteiger partial charge in [-0.1, -0.05) is 6.92 Å². The monoisotopic (exact) mass is 861 g/mol. The molecule has 0 rings (SSSR count). The Hall–Kier alpha value is -3.95. The van der Waals surface area contributed by atoms with E-state index in [-0.39, 0.29) is 88.2 Å². The van der Waals surface area contributed by atoms with Crippen molar-refractivity contribution in [2.45, 2.75) is 102 Å². The zero-order chi connectivity index (χ0) is 44.5. The Morgan fingerprint density at radius 3 is 1.63 bits per heavy atom. The molecule has 0 aromatic carbocycles. The van der Waals surface area contributed by atoms with Crippen molar-refractivity contribution >= 4 is 41.4 Å². The first-order valence-electron chi connectivity index (χ1n) is 21.4. The number of nitrogens with one attached hydrogen (secondary N) is 8. The first-order chi connectivity index (χ1) is 29.1. The van der Waals surface area contributed by atoms with Crippen LogP contribution in [0.15, 0.2) is 0 Å². The van der Waals surface area contributed by atoms with Crippen LogP contribution in [0.3, 0.4) is 0 Å². The third-order valence-corrected chi connectivity index (χ3v) is 8.74. The molecule has 0 aromatic rings. The fraction of sp³-hybridized carbons (Fsp3) is 0.825. The van der Waals surface area contributed by atoms with Gasteiger partial charge in [0, 0.05) is 86.1 Å². The third-order valence-electron chi connectivity index (χ3n) is 8.74. The molecule has 2 atom stereocenters. The lowest BCUT2D eigenvalue weighted by Crippen LogP contribution is -2.54. The quantitative estimate of drug-likeness (QED) is 0.0351. The largest absolute Gasteiger partial charge is 0.384 e. The normalized spacial score (nSPS) is 11.9. The van der Waals surface area contributed by atoms with Crippen LogP contribution in [-0.2, 0) is 57.2 Å². The smallest absolute Gasteiger partial charge is 0.243 e. The molecule has 8 N–H and O–H groups in total. The highest BCUT2D eigenvalue weighted by molar-refractivity contribution is 5.92. The summed E-state index contributed by atoms with van der Waals surface area (Å²) in [5, 5.41) is 22.7. The Labute approximate surface area is 356 Å². The molecule has 0 bridgehead atoms. The highest BCUT2D eigenvalue weighted by Gasteiger charge is 2.26. The van der Waals surface area contributed by atoms with Gasteiger partial charge < -0.3 is 66.2 Å². The Bertz CT molecular complexity index is 1180. The molecule has 20 nitrogen and oxygen atoms in total. The van der Waals surface area contributed by atoms with E-state index in [4.69, 9.17) is 23.7 Å². The van der Waals surface area contributed by atoms with Crippen LogP contribution in [0.25, 0.3) is 0 Å². The van der Waals surface area contributed by atoms with Gasteiger partial charge in [-0.15, -0.1) is 0 Å². The minimum atomic E-state index is -0.925. The van der Waals surface area contributed by atoms with Gasteiger partial charge in [0.1, 0.15) is 12.1 Å². The van der Waals surface area contributed by atoms with E-state index in [2.05, 4.69) is 42.5 Å². The van der Waals surface area contributed by atoms with Gasteiger partial charge in [-0.05, 0) is 57.9 Å². The van der Waals surface area contributed by atoms with Crippen LogP contribution >= 0.6 is 0 Å². The molecule has 0 heterocycles. The molecule has 0 spiro atoms. The number of methoxy groups -OCH3 is 2. The number of carbonyl (C=O) groups is 7. The molecule has 2 unspecified atom stereocenters. The lowest BCUT2D eigenvalue weighted by atomic mass is 10.0. The van der Waals surface area contributed by atoms with Gasteiger partial charge in [-0.25, -0.2) is 0 Å². The van der Waals surface area contributed by atoms with Crippen LogP contribution in [0.4, 0.5) is 0 Å². The molecular formula is C40H76N8O12. The number of unbranched alkanes of at least 4 members (excludes halogenated alkanes) is 2. The number of amides is 7. The second-order valence-electron chi connectivity index (χ2n) is 13.9. The maximum Gasteiger partial charge on any atom is 0.243 e. The number of ether oxygens (including phenoxy) is 5. The van der Waals surface area contributed by atoms with Crippen LogP contribution < -0.4 is 42.5 Å². The summed E-state index contributed by atoms with van der Waals surface area (Å²) in [7, 11) is 4.62. The zero-order valence-electron chi connectivity index (χ0n) is 36.6. The highest BCUT2D eigenvalue weighted by Crippen LogP contribution is 2.07. The maximum absolute atomic E-state index is 13.7. The number of rotatable bonds is 41. The maximum atomic E-state index is 13.7. The van der Waals surface area contributed by atoms with Crippen molar-refractivity contribution in [3.8, 4) is 0 Å². The summed E-state index contributed by atoms with van der Waals surface area (Å²) in [5.41, 5.74) is 0. The molecular weight excluding hydrogens is 784 g/mol. The van der Waals surface area contributed by atoms with Gasteiger partial charge in [-0.2, -0.15) is 0 Å². The molecule has 348 valence electrons. The highest BCUT2D eigenvalue weighted by atomic mass is 16.5. The van der Waals surface area contributed by atoms with Gasteiger partial charge in [0.2, 0.25) is 41.4 Å². The van der Waals surface area contributed by atoms with Crippen LogP contribution in [0.1, 0.15) is 90.4 Å². The molecule has 0 aromatic heterocycles. The van der Waals surface area contributed by atoms with Crippen LogP contribution in [-0.4, -0.2) is 167 Å². The fourth-order valence-corrected chi connectivity index (χ4v) is 5.38. The van der Waals surface area contributed by atoms with Crippen LogP contribution in [0.5, 0.6) is 0 Å². The van der Waals surface area contributed by atoms with Gasteiger partial charge in [-0.3, -0.25) is 33.6 Å². The zero-order valence-corrected chi connectivity index (χ0v) is 36.6. The van der Waals surface area contributed by atoms with Crippen molar-refractivity contribution in [2.24, 2.45) is 0 Å². The molecule has 60 heavy (non-hydrogen) atoms. The minimum absolute atomic E-state index is 0.0166. The third kappa shape index (κ3) is 34.9. The molecule has 20 heteroatoms. The molecule has 0 aliphatic carbocycles. The molecule has 7 amide bonds. The van der Waals surface area contributed by atoms with E-state index in [0.29, 0.717) is 111 Å². The van der Waals surface area contributed by atoms with E-state index in [9.17, 15) is 33.6 Å². The van der Waals surface area contributed by atoms with Crippen LogP contribution in [0, 0.1) is 0 Å². The molecule has 0 saturated heterocycles.